The molecule has 2 aromatic rings. The Hall–Kier alpha value is -1.29. The zero-order valence-electron chi connectivity index (χ0n) is 12.6. The summed E-state index contributed by atoms with van der Waals surface area (Å²) in [6.45, 7) is 3.17. The van der Waals surface area contributed by atoms with E-state index >= 15 is 0 Å². The molecule has 1 aliphatic rings. The van der Waals surface area contributed by atoms with Crippen LogP contribution in [0.4, 0.5) is 5.69 Å². The van der Waals surface area contributed by atoms with Gasteiger partial charge in [0.1, 0.15) is 11.3 Å². The van der Waals surface area contributed by atoms with Gasteiger partial charge in [-0.05, 0) is 49.8 Å². The van der Waals surface area contributed by atoms with Gasteiger partial charge in [0, 0.05) is 27.8 Å². The number of aromatic nitrogens is 1. The van der Waals surface area contributed by atoms with Gasteiger partial charge in [0.15, 0.2) is 0 Å². The summed E-state index contributed by atoms with van der Waals surface area (Å²) in [7, 11) is 1.71. The van der Waals surface area contributed by atoms with Crippen LogP contribution in [0, 0.1) is 0 Å². The Morgan fingerprint density at radius 3 is 2.86 bits per heavy atom. The van der Waals surface area contributed by atoms with E-state index in [0.717, 1.165) is 46.9 Å². The Morgan fingerprint density at radius 1 is 1.29 bits per heavy atom. The minimum Gasteiger partial charge on any atom is -0.494 e. The van der Waals surface area contributed by atoms with Crippen molar-refractivity contribution in [3.8, 4) is 5.75 Å². The average molecular weight is 349 g/mol. The van der Waals surface area contributed by atoms with E-state index in [4.69, 9.17) is 9.72 Å². The minimum absolute atomic E-state index is 0.848. The SMILES string of the molecule is CCCNc1c2c(nc3c(OC)ccc(Br)c13)CCCC2. The van der Waals surface area contributed by atoms with Crippen molar-refractivity contribution in [2.24, 2.45) is 0 Å². The van der Waals surface area contributed by atoms with Gasteiger partial charge in [-0.2, -0.15) is 0 Å². The van der Waals surface area contributed by atoms with Crippen LogP contribution in [-0.2, 0) is 12.8 Å². The number of fused-ring (bicyclic) bond motifs is 2. The molecule has 1 aromatic carbocycles. The molecular weight excluding hydrogens is 328 g/mol. The van der Waals surface area contributed by atoms with Crippen molar-refractivity contribution in [1.29, 1.82) is 0 Å². The molecule has 0 unspecified atom stereocenters. The van der Waals surface area contributed by atoms with Gasteiger partial charge >= 0.3 is 0 Å². The first-order valence-electron chi connectivity index (χ1n) is 7.68. The summed E-state index contributed by atoms with van der Waals surface area (Å²) in [4.78, 5) is 4.92. The molecule has 1 heterocycles. The van der Waals surface area contributed by atoms with Crippen LogP contribution in [0.15, 0.2) is 16.6 Å². The molecule has 1 aliphatic carbocycles. The molecule has 1 N–H and O–H groups in total. The molecule has 3 nitrogen and oxygen atoms in total. The van der Waals surface area contributed by atoms with E-state index < -0.39 is 0 Å². The third-order valence-corrected chi connectivity index (χ3v) is 4.76. The average Bonchev–Trinajstić information content (AvgIpc) is 2.52. The molecule has 0 fully saturated rings. The van der Waals surface area contributed by atoms with Gasteiger partial charge in [-0.1, -0.05) is 22.9 Å². The molecule has 4 heteroatoms. The number of ether oxygens (including phenoxy) is 1. The van der Waals surface area contributed by atoms with Crippen molar-refractivity contribution >= 4 is 32.5 Å². The lowest BCUT2D eigenvalue weighted by atomic mass is 9.92. The Bertz CT molecular complexity index is 670. The van der Waals surface area contributed by atoms with Crippen LogP contribution in [0.1, 0.15) is 37.4 Å². The zero-order chi connectivity index (χ0) is 14.8. The summed E-state index contributed by atoms with van der Waals surface area (Å²) in [6, 6.07) is 4.04. The van der Waals surface area contributed by atoms with E-state index in [9.17, 15) is 0 Å². The zero-order valence-corrected chi connectivity index (χ0v) is 14.2. The summed E-state index contributed by atoms with van der Waals surface area (Å²) in [5, 5.41) is 4.79. The molecule has 0 bridgehead atoms. The monoisotopic (exact) mass is 348 g/mol. The number of aryl methyl sites for hydroxylation is 1. The maximum absolute atomic E-state index is 5.52. The minimum atomic E-state index is 0.848. The first kappa shape index (κ1) is 14.6. The number of nitrogens with zero attached hydrogens (tertiary/aromatic N) is 1. The number of hydrogen-bond acceptors (Lipinski definition) is 3. The maximum atomic E-state index is 5.52. The highest BCUT2D eigenvalue weighted by Crippen LogP contribution is 2.40. The second kappa shape index (κ2) is 6.22. The van der Waals surface area contributed by atoms with Crippen LogP contribution < -0.4 is 10.1 Å². The number of halogens is 1. The standard InChI is InChI=1S/C17H21BrN2O/c1-3-10-19-16-11-6-4-5-7-13(11)20-17-14(21-2)9-8-12(18)15(16)17/h8-9H,3-7,10H2,1-2H3,(H,19,20). The molecule has 0 spiro atoms. The number of nitrogens with one attached hydrogen (secondary N) is 1. The highest BCUT2D eigenvalue weighted by Gasteiger charge is 2.21. The lowest BCUT2D eigenvalue weighted by molar-refractivity contribution is 0.418. The lowest BCUT2D eigenvalue weighted by Gasteiger charge is -2.23. The fraction of sp³-hybridized carbons (Fsp3) is 0.471. The molecule has 0 aliphatic heterocycles. The van der Waals surface area contributed by atoms with Crippen LogP contribution in [0.25, 0.3) is 10.9 Å². The number of anilines is 1. The van der Waals surface area contributed by atoms with Gasteiger partial charge in [-0.3, -0.25) is 0 Å². The van der Waals surface area contributed by atoms with E-state index in [0.29, 0.717) is 0 Å². The third kappa shape index (κ3) is 2.61. The quantitative estimate of drug-likeness (QED) is 0.868. The van der Waals surface area contributed by atoms with E-state index in [1.807, 2.05) is 6.07 Å². The Kier molecular flexibility index (Phi) is 4.34. The van der Waals surface area contributed by atoms with E-state index in [1.165, 1.54) is 29.8 Å². The summed E-state index contributed by atoms with van der Waals surface area (Å²) in [5.41, 5.74) is 4.85. The summed E-state index contributed by atoms with van der Waals surface area (Å²) in [5.74, 6) is 0.848. The summed E-state index contributed by atoms with van der Waals surface area (Å²) in [6.07, 6.45) is 5.79. The second-order valence-electron chi connectivity index (χ2n) is 5.52. The highest BCUT2D eigenvalue weighted by molar-refractivity contribution is 9.10. The lowest BCUT2D eigenvalue weighted by Crippen LogP contribution is -2.12. The Morgan fingerprint density at radius 2 is 2.10 bits per heavy atom. The number of methoxy groups -OCH3 is 1. The fourth-order valence-electron chi connectivity index (χ4n) is 3.07. The van der Waals surface area contributed by atoms with Crippen LogP contribution in [-0.4, -0.2) is 18.6 Å². The molecular formula is C17H21BrN2O. The Labute approximate surface area is 134 Å². The van der Waals surface area contributed by atoms with Crippen LogP contribution >= 0.6 is 15.9 Å². The predicted octanol–water partition coefficient (Wildman–Crippen LogP) is 4.71. The molecule has 0 saturated heterocycles. The van der Waals surface area contributed by atoms with Gasteiger partial charge in [-0.15, -0.1) is 0 Å². The number of benzene rings is 1. The van der Waals surface area contributed by atoms with Gasteiger partial charge in [-0.25, -0.2) is 4.98 Å². The van der Waals surface area contributed by atoms with Gasteiger partial charge in [0.2, 0.25) is 0 Å². The van der Waals surface area contributed by atoms with Crippen molar-refractivity contribution in [3.05, 3.63) is 27.9 Å². The first-order valence-corrected chi connectivity index (χ1v) is 8.47. The molecule has 0 radical (unpaired) electrons. The third-order valence-electron chi connectivity index (χ3n) is 4.10. The number of pyridine rings is 1. The molecule has 1 aromatic heterocycles. The normalized spacial score (nSPS) is 14.0. The number of hydrogen-bond donors (Lipinski definition) is 1. The molecule has 0 amide bonds. The predicted molar refractivity (Wildman–Crippen MR) is 91.4 cm³/mol. The summed E-state index contributed by atoms with van der Waals surface area (Å²) < 4.78 is 6.60. The molecule has 3 rings (SSSR count). The van der Waals surface area contributed by atoms with Crippen molar-refractivity contribution in [2.75, 3.05) is 19.0 Å². The first-order chi connectivity index (χ1) is 10.3. The number of rotatable bonds is 4. The van der Waals surface area contributed by atoms with Crippen LogP contribution in [0.5, 0.6) is 5.75 Å². The molecule has 112 valence electrons. The second-order valence-corrected chi connectivity index (χ2v) is 6.37. The maximum Gasteiger partial charge on any atom is 0.145 e. The molecule has 21 heavy (non-hydrogen) atoms. The van der Waals surface area contributed by atoms with Crippen molar-refractivity contribution in [2.45, 2.75) is 39.0 Å². The smallest absolute Gasteiger partial charge is 0.145 e. The highest BCUT2D eigenvalue weighted by atomic mass is 79.9. The van der Waals surface area contributed by atoms with E-state index in [-0.39, 0.29) is 0 Å². The fourth-order valence-corrected chi connectivity index (χ4v) is 3.59. The van der Waals surface area contributed by atoms with Gasteiger partial charge < -0.3 is 10.1 Å². The van der Waals surface area contributed by atoms with Gasteiger partial charge in [0.25, 0.3) is 0 Å². The molecule has 0 atom stereocenters. The van der Waals surface area contributed by atoms with Gasteiger partial charge in [0.05, 0.1) is 7.11 Å². The van der Waals surface area contributed by atoms with Crippen molar-refractivity contribution < 1.29 is 4.74 Å². The molecule has 0 saturated carbocycles. The van der Waals surface area contributed by atoms with E-state index in [1.54, 1.807) is 7.11 Å². The Balaban J connectivity index is 2.30. The topological polar surface area (TPSA) is 34.2 Å². The van der Waals surface area contributed by atoms with Crippen LogP contribution in [0.2, 0.25) is 0 Å². The summed E-state index contributed by atoms with van der Waals surface area (Å²) >= 11 is 3.70. The van der Waals surface area contributed by atoms with Crippen LogP contribution in [0.3, 0.4) is 0 Å². The largest absolute Gasteiger partial charge is 0.494 e. The van der Waals surface area contributed by atoms with E-state index in [2.05, 4.69) is 34.2 Å². The van der Waals surface area contributed by atoms with Crippen molar-refractivity contribution in [1.82, 2.24) is 4.98 Å². The van der Waals surface area contributed by atoms with Crippen molar-refractivity contribution in [3.63, 3.8) is 0 Å².